The molecule has 1 amide bonds. The van der Waals surface area contributed by atoms with Crippen molar-refractivity contribution in [2.45, 2.75) is 12.5 Å². The minimum Gasteiger partial charge on any atom is -0.467 e. The van der Waals surface area contributed by atoms with Crippen LogP contribution >= 0.6 is 0 Å². The second-order valence-corrected chi connectivity index (χ2v) is 3.93. The average molecular weight is 234 g/mol. The summed E-state index contributed by atoms with van der Waals surface area (Å²) in [6, 6.07) is 6.68. The van der Waals surface area contributed by atoms with Crippen LogP contribution in [0.4, 0.5) is 5.69 Å². The van der Waals surface area contributed by atoms with Crippen LogP contribution < -0.4 is 10.6 Å². The van der Waals surface area contributed by atoms with Gasteiger partial charge in [0.25, 0.3) is 0 Å². The Morgan fingerprint density at radius 3 is 2.41 bits per heavy atom. The van der Waals surface area contributed by atoms with Crippen molar-refractivity contribution >= 4 is 17.6 Å². The van der Waals surface area contributed by atoms with Gasteiger partial charge in [0, 0.05) is 17.8 Å². The Hall–Kier alpha value is -2.04. The summed E-state index contributed by atoms with van der Waals surface area (Å²) >= 11 is 0. The zero-order chi connectivity index (χ0) is 12.4. The first-order valence-corrected chi connectivity index (χ1v) is 5.38. The molecule has 0 spiro atoms. The highest BCUT2D eigenvalue weighted by Gasteiger charge is 2.34. The molecule has 0 aromatic heterocycles. The van der Waals surface area contributed by atoms with Crippen molar-refractivity contribution in [3.8, 4) is 0 Å². The summed E-state index contributed by atoms with van der Waals surface area (Å²) in [7, 11) is 1.38. The van der Waals surface area contributed by atoms with Gasteiger partial charge in [-0.3, -0.25) is 4.79 Å². The fourth-order valence-corrected chi connectivity index (χ4v) is 1.89. The van der Waals surface area contributed by atoms with Gasteiger partial charge in [0.2, 0.25) is 5.91 Å². The highest BCUT2D eigenvalue weighted by atomic mass is 16.5. The number of nitrogens with two attached hydrogens (primary N) is 1. The van der Waals surface area contributed by atoms with Gasteiger partial charge in [0.1, 0.15) is 6.04 Å². The number of hydrogen-bond donors (Lipinski definition) is 1. The molecule has 17 heavy (non-hydrogen) atoms. The van der Waals surface area contributed by atoms with Crippen LogP contribution in [-0.4, -0.2) is 31.6 Å². The number of carbonyl (C=O) groups excluding carboxylic acids is 2. The smallest absolute Gasteiger partial charge is 0.328 e. The van der Waals surface area contributed by atoms with Crippen LogP contribution in [0.1, 0.15) is 16.8 Å². The Kier molecular flexibility index (Phi) is 2.99. The molecule has 5 nitrogen and oxygen atoms in total. The Balaban J connectivity index is 2.13. The maximum Gasteiger partial charge on any atom is 0.328 e. The first-order valence-electron chi connectivity index (χ1n) is 5.38. The molecule has 0 bridgehead atoms. The number of methoxy groups -OCH3 is 1. The monoisotopic (exact) mass is 234 g/mol. The van der Waals surface area contributed by atoms with E-state index in [0.717, 1.165) is 18.7 Å². The summed E-state index contributed by atoms with van der Waals surface area (Å²) in [6.45, 7) is 0.815. The maximum atomic E-state index is 11.4. The van der Waals surface area contributed by atoms with Gasteiger partial charge >= 0.3 is 5.97 Å². The van der Waals surface area contributed by atoms with E-state index in [-0.39, 0.29) is 12.0 Å². The summed E-state index contributed by atoms with van der Waals surface area (Å²) in [5.41, 5.74) is 6.52. The van der Waals surface area contributed by atoms with Crippen molar-refractivity contribution in [1.29, 1.82) is 0 Å². The number of ether oxygens (including phenoxy) is 1. The van der Waals surface area contributed by atoms with Crippen LogP contribution in [0.15, 0.2) is 24.3 Å². The predicted molar refractivity (Wildman–Crippen MR) is 62.7 cm³/mol. The van der Waals surface area contributed by atoms with Gasteiger partial charge in [0.15, 0.2) is 0 Å². The Bertz CT molecular complexity index is 442. The van der Waals surface area contributed by atoms with Gasteiger partial charge in [0.05, 0.1) is 7.11 Å². The average Bonchev–Trinajstić information content (AvgIpc) is 2.28. The minimum atomic E-state index is -0.454. The molecule has 2 rings (SSSR count). The lowest BCUT2D eigenvalue weighted by Crippen LogP contribution is -2.53. The van der Waals surface area contributed by atoms with E-state index in [1.54, 1.807) is 24.3 Å². The number of anilines is 1. The lowest BCUT2D eigenvalue weighted by Gasteiger charge is -2.40. The normalized spacial score (nSPS) is 18.4. The molecule has 0 aliphatic carbocycles. The zero-order valence-electron chi connectivity index (χ0n) is 9.55. The molecule has 5 heteroatoms. The van der Waals surface area contributed by atoms with Crippen molar-refractivity contribution in [2.24, 2.45) is 5.73 Å². The van der Waals surface area contributed by atoms with Gasteiger partial charge in [-0.2, -0.15) is 0 Å². The lowest BCUT2D eigenvalue weighted by molar-refractivity contribution is -0.143. The molecular weight excluding hydrogens is 220 g/mol. The molecule has 1 fully saturated rings. The highest BCUT2D eigenvalue weighted by Crippen LogP contribution is 2.27. The molecule has 1 heterocycles. The van der Waals surface area contributed by atoms with Crippen LogP contribution in [0, 0.1) is 0 Å². The number of hydrogen-bond acceptors (Lipinski definition) is 4. The van der Waals surface area contributed by atoms with E-state index < -0.39 is 5.91 Å². The summed E-state index contributed by atoms with van der Waals surface area (Å²) < 4.78 is 4.71. The summed E-state index contributed by atoms with van der Waals surface area (Å²) in [5.74, 6) is -0.681. The van der Waals surface area contributed by atoms with Crippen LogP contribution in [0.5, 0.6) is 0 Å². The maximum absolute atomic E-state index is 11.4. The van der Waals surface area contributed by atoms with Crippen LogP contribution in [0.2, 0.25) is 0 Å². The number of primary amides is 1. The second kappa shape index (κ2) is 4.45. The molecule has 0 saturated carbocycles. The minimum absolute atomic E-state index is 0.209. The van der Waals surface area contributed by atoms with Crippen LogP contribution in [0.3, 0.4) is 0 Å². The Labute approximate surface area is 99.2 Å². The molecule has 1 aromatic rings. The van der Waals surface area contributed by atoms with Gasteiger partial charge in [-0.1, -0.05) is 0 Å². The SMILES string of the molecule is COC(=O)C1CCN1c1ccc(C(N)=O)cc1. The lowest BCUT2D eigenvalue weighted by atomic mass is 10.0. The number of carbonyl (C=O) groups is 2. The van der Waals surface area contributed by atoms with Crippen molar-refractivity contribution in [3.63, 3.8) is 0 Å². The molecular formula is C12H14N2O3. The van der Waals surface area contributed by atoms with Gasteiger partial charge in [-0.15, -0.1) is 0 Å². The van der Waals surface area contributed by atoms with Crippen molar-refractivity contribution in [1.82, 2.24) is 0 Å². The van der Waals surface area contributed by atoms with Gasteiger partial charge in [-0.05, 0) is 30.7 Å². The molecule has 1 saturated heterocycles. The predicted octanol–water partition coefficient (Wildman–Crippen LogP) is 0.537. The van der Waals surface area contributed by atoms with E-state index in [1.165, 1.54) is 7.11 Å². The number of nitrogens with zero attached hydrogens (tertiary/aromatic N) is 1. The Morgan fingerprint density at radius 1 is 1.35 bits per heavy atom. The number of amides is 1. The second-order valence-electron chi connectivity index (χ2n) is 3.93. The van der Waals surface area contributed by atoms with Gasteiger partial charge < -0.3 is 15.4 Å². The topological polar surface area (TPSA) is 72.6 Å². The molecule has 90 valence electrons. The summed E-state index contributed by atoms with van der Waals surface area (Å²) in [4.78, 5) is 24.3. The molecule has 0 radical (unpaired) electrons. The Morgan fingerprint density at radius 2 is 2.00 bits per heavy atom. The number of benzene rings is 1. The third kappa shape index (κ3) is 2.08. The van der Waals surface area contributed by atoms with E-state index >= 15 is 0 Å². The fraction of sp³-hybridized carbons (Fsp3) is 0.333. The first kappa shape index (κ1) is 11.4. The largest absolute Gasteiger partial charge is 0.467 e. The quantitative estimate of drug-likeness (QED) is 0.775. The van der Waals surface area contributed by atoms with E-state index in [2.05, 4.69) is 0 Å². The third-order valence-electron chi connectivity index (χ3n) is 2.98. The summed E-state index contributed by atoms with van der Waals surface area (Å²) in [6.07, 6.45) is 0.796. The standard InChI is InChI=1S/C12H14N2O3/c1-17-12(16)10-6-7-14(10)9-4-2-8(3-5-9)11(13)15/h2-5,10H,6-7H2,1H3,(H2,13,15). The summed E-state index contributed by atoms with van der Waals surface area (Å²) in [5, 5.41) is 0. The molecule has 1 aliphatic rings. The van der Waals surface area contributed by atoms with Crippen LogP contribution in [-0.2, 0) is 9.53 Å². The van der Waals surface area contributed by atoms with Gasteiger partial charge in [-0.25, -0.2) is 4.79 Å². The van der Waals surface area contributed by atoms with E-state index in [0.29, 0.717) is 5.56 Å². The molecule has 1 unspecified atom stereocenters. The van der Waals surface area contributed by atoms with Crippen LogP contribution in [0.25, 0.3) is 0 Å². The van der Waals surface area contributed by atoms with Crippen molar-refractivity contribution < 1.29 is 14.3 Å². The third-order valence-corrected chi connectivity index (χ3v) is 2.98. The van der Waals surface area contributed by atoms with E-state index in [1.807, 2.05) is 4.90 Å². The molecule has 1 atom stereocenters. The number of rotatable bonds is 3. The molecule has 1 aromatic carbocycles. The van der Waals surface area contributed by atoms with E-state index in [4.69, 9.17) is 10.5 Å². The molecule has 2 N–H and O–H groups in total. The first-order chi connectivity index (χ1) is 8.13. The number of esters is 1. The fourth-order valence-electron chi connectivity index (χ4n) is 1.89. The van der Waals surface area contributed by atoms with Crippen molar-refractivity contribution in [3.05, 3.63) is 29.8 Å². The van der Waals surface area contributed by atoms with Crippen molar-refractivity contribution in [2.75, 3.05) is 18.6 Å². The highest BCUT2D eigenvalue weighted by molar-refractivity contribution is 5.93. The molecule has 1 aliphatic heterocycles. The zero-order valence-corrected chi connectivity index (χ0v) is 9.55. The van der Waals surface area contributed by atoms with E-state index in [9.17, 15) is 9.59 Å².